The number of amides is 1. The molecule has 0 radical (unpaired) electrons. The van der Waals surface area contributed by atoms with Gasteiger partial charge in [0.05, 0.1) is 23.3 Å². The van der Waals surface area contributed by atoms with Crippen molar-refractivity contribution in [2.24, 2.45) is 0 Å². The minimum atomic E-state index is -3.87. The normalized spacial score (nSPS) is 17.5. The average Bonchev–Trinajstić information content (AvgIpc) is 2.74. The zero-order valence-corrected chi connectivity index (χ0v) is 17.4. The standard InChI is InChI=1S/C20H21ClN2O5S/c1-28-20(25)16-6-2-3-7-17(16)22-19(24)18-8-4-5-13-23(18)29(26,27)15-11-9-14(21)10-12-15/h2-3,6-7,9-12,18H,4-5,8,13H2,1H3,(H,22,24)/t18-/m0/s1. The molecule has 0 saturated carbocycles. The maximum absolute atomic E-state index is 13.1. The zero-order valence-electron chi connectivity index (χ0n) is 15.8. The Morgan fingerprint density at radius 1 is 1.10 bits per heavy atom. The summed E-state index contributed by atoms with van der Waals surface area (Å²) in [7, 11) is -2.62. The van der Waals surface area contributed by atoms with Crippen LogP contribution in [-0.2, 0) is 19.6 Å². The monoisotopic (exact) mass is 436 g/mol. The second-order valence-electron chi connectivity index (χ2n) is 6.61. The molecule has 2 aromatic rings. The van der Waals surface area contributed by atoms with Crippen LogP contribution in [0.2, 0.25) is 5.02 Å². The first-order chi connectivity index (χ1) is 13.8. The summed E-state index contributed by atoms with van der Waals surface area (Å²) in [5.41, 5.74) is 0.477. The van der Waals surface area contributed by atoms with Crippen LogP contribution < -0.4 is 5.32 Å². The molecule has 0 bridgehead atoms. The third kappa shape index (κ3) is 4.60. The van der Waals surface area contributed by atoms with Crippen molar-refractivity contribution in [2.75, 3.05) is 19.0 Å². The maximum Gasteiger partial charge on any atom is 0.339 e. The highest BCUT2D eigenvalue weighted by Crippen LogP contribution is 2.27. The maximum atomic E-state index is 13.1. The van der Waals surface area contributed by atoms with E-state index in [1.54, 1.807) is 18.2 Å². The van der Waals surface area contributed by atoms with Crippen LogP contribution in [-0.4, -0.2) is 44.3 Å². The predicted octanol–water partition coefficient (Wildman–Crippen LogP) is 3.31. The van der Waals surface area contributed by atoms with Crippen molar-refractivity contribution in [3.63, 3.8) is 0 Å². The van der Waals surface area contributed by atoms with E-state index < -0.39 is 27.9 Å². The molecule has 1 atom stereocenters. The number of benzene rings is 2. The molecule has 1 aliphatic rings. The third-order valence-electron chi connectivity index (χ3n) is 4.77. The number of sulfonamides is 1. The SMILES string of the molecule is COC(=O)c1ccccc1NC(=O)[C@@H]1CCCCN1S(=O)(=O)c1ccc(Cl)cc1. The zero-order chi connectivity index (χ0) is 21.0. The van der Waals surface area contributed by atoms with Gasteiger partial charge in [0.1, 0.15) is 6.04 Å². The molecule has 2 aromatic carbocycles. The van der Waals surface area contributed by atoms with E-state index in [2.05, 4.69) is 5.32 Å². The quantitative estimate of drug-likeness (QED) is 0.726. The lowest BCUT2D eigenvalue weighted by Gasteiger charge is -2.33. The molecule has 1 amide bonds. The summed E-state index contributed by atoms with van der Waals surface area (Å²) in [5, 5.41) is 3.12. The van der Waals surface area contributed by atoms with Crippen LogP contribution in [0.25, 0.3) is 0 Å². The van der Waals surface area contributed by atoms with E-state index in [9.17, 15) is 18.0 Å². The number of anilines is 1. The Hall–Kier alpha value is -2.42. The smallest absolute Gasteiger partial charge is 0.339 e. The lowest BCUT2D eigenvalue weighted by Crippen LogP contribution is -2.49. The Morgan fingerprint density at radius 3 is 2.48 bits per heavy atom. The van der Waals surface area contributed by atoms with Crippen LogP contribution in [0.1, 0.15) is 29.6 Å². The summed E-state index contributed by atoms with van der Waals surface area (Å²) in [5.74, 6) is -1.08. The fourth-order valence-electron chi connectivity index (χ4n) is 3.29. The lowest BCUT2D eigenvalue weighted by molar-refractivity contribution is -0.120. The number of rotatable bonds is 5. The highest BCUT2D eigenvalue weighted by molar-refractivity contribution is 7.89. The Labute approximate surface area is 174 Å². The van der Waals surface area contributed by atoms with E-state index in [4.69, 9.17) is 16.3 Å². The summed E-state index contributed by atoms with van der Waals surface area (Å²) in [6.07, 6.45) is 1.78. The van der Waals surface area contributed by atoms with Crippen LogP contribution in [0.4, 0.5) is 5.69 Å². The van der Waals surface area contributed by atoms with E-state index in [0.717, 1.165) is 6.42 Å². The van der Waals surface area contributed by atoms with Crippen molar-refractivity contribution in [3.05, 3.63) is 59.1 Å². The number of carbonyl (C=O) groups excluding carboxylic acids is 2. The second kappa shape index (κ2) is 8.94. The van der Waals surface area contributed by atoms with Gasteiger partial charge in [0.25, 0.3) is 0 Å². The van der Waals surface area contributed by atoms with Crippen molar-refractivity contribution in [2.45, 2.75) is 30.2 Å². The molecule has 1 fully saturated rings. The first-order valence-corrected chi connectivity index (χ1v) is 10.9. The number of piperidine rings is 1. The lowest BCUT2D eigenvalue weighted by atomic mass is 10.0. The molecule has 1 saturated heterocycles. The molecular formula is C20H21ClN2O5S. The van der Waals surface area contributed by atoms with Crippen LogP contribution >= 0.6 is 11.6 Å². The molecule has 7 nitrogen and oxygen atoms in total. The van der Waals surface area contributed by atoms with Gasteiger partial charge in [-0.3, -0.25) is 4.79 Å². The molecule has 1 N–H and O–H groups in total. The Morgan fingerprint density at radius 2 is 1.79 bits per heavy atom. The van der Waals surface area contributed by atoms with E-state index in [1.807, 2.05) is 0 Å². The Balaban J connectivity index is 1.88. The number of halogens is 1. The van der Waals surface area contributed by atoms with Crippen molar-refractivity contribution in [3.8, 4) is 0 Å². The number of carbonyl (C=O) groups is 2. The van der Waals surface area contributed by atoms with Gasteiger partial charge < -0.3 is 10.1 Å². The molecule has 29 heavy (non-hydrogen) atoms. The first kappa shape index (κ1) is 21.3. The van der Waals surface area contributed by atoms with Gasteiger partial charge in [-0.25, -0.2) is 13.2 Å². The summed E-state index contributed by atoms with van der Waals surface area (Å²) >= 11 is 5.86. The third-order valence-corrected chi connectivity index (χ3v) is 6.94. The Kier molecular flexibility index (Phi) is 6.56. The molecular weight excluding hydrogens is 416 g/mol. The van der Waals surface area contributed by atoms with Gasteiger partial charge >= 0.3 is 5.97 Å². The molecule has 0 aromatic heterocycles. The van der Waals surface area contributed by atoms with Gasteiger partial charge in [-0.1, -0.05) is 30.2 Å². The van der Waals surface area contributed by atoms with Gasteiger partial charge in [0.2, 0.25) is 15.9 Å². The fourth-order valence-corrected chi connectivity index (χ4v) is 5.08. The van der Waals surface area contributed by atoms with Gasteiger partial charge in [-0.05, 0) is 49.2 Å². The summed E-state index contributed by atoms with van der Waals surface area (Å²) in [4.78, 5) is 25.0. The number of hydrogen-bond acceptors (Lipinski definition) is 5. The predicted molar refractivity (Wildman–Crippen MR) is 109 cm³/mol. The average molecular weight is 437 g/mol. The van der Waals surface area contributed by atoms with Crippen LogP contribution in [0.15, 0.2) is 53.4 Å². The van der Waals surface area contributed by atoms with Crippen LogP contribution in [0.3, 0.4) is 0 Å². The minimum Gasteiger partial charge on any atom is -0.465 e. The van der Waals surface area contributed by atoms with Crippen molar-refractivity contribution in [1.82, 2.24) is 4.31 Å². The van der Waals surface area contributed by atoms with Crippen molar-refractivity contribution in [1.29, 1.82) is 0 Å². The van der Waals surface area contributed by atoms with E-state index >= 15 is 0 Å². The van der Waals surface area contributed by atoms with E-state index in [1.165, 1.54) is 41.7 Å². The van der Waals surface area contributed by atoms with Gasteiger partial charge in [-0.15, -0.1) is 0 Å². The van der Waals surface area contributed by atoms with Crippen LogP contribution in [0.5, 0.6) is 0 Å². The highest BCUT2D eigenvalue weighted by atomic mass is 35.5. The van der Waals surface area contributed by atoms with Crippen LogP contribution in [0, 0.1) is 0 Å². The fraction of sp³-hybridized carbons (Fsp3) is 0.300. The molecule has 1 aliphatic heterocycles. The number of ether oxygens (including phenoxy) is 1. The Bertz CT molecular complexity index is 1010. The second-order valence-corrected chi connectivity index (χ2v) is 8.93. The first-order valence-electron chi connectivity index (χ1n) is 9.10. The number of methoxy groups -OCH3 is 1. The molecule has 9 heteroatoms. The molecule has 3 rings (SSSR count). The van der Waals surface area contributed by atoms with Crippen molar-refractivity contribution >= 4 is 39.2 Å². The van der Waals surface area contributed by atoms with Gasteiger partial charge in [-0.2, -0.15) is 4.31 Å². The summed E-state index contributed by atoms with van der Waals surface area (Å²) in [6, 6.07) is 11.4. The number of esters is 1. The highest BCUT2D eigenvalue weighted by Gasteiger charge is 2.37. The number of para-hydroxylation sites is 1. The van der Waals surface area contributed by atoms with E-state index in [-0.39, 0.29) is 22.7 Å². The molecule has 0 aliphatic carbocycles. The molecule has 154 valence electrons. The molecule has 1 heterocycles. The topological polar surface area (TPSA) is 92.8 Å². The summed E-state index contributed by atoms with van der Waals surface area (Å²) in [6.45, 7) is 0.238. The number of nitrogens with one attached hydrogen (secondary N) is 1. The van der Waals surface area contributed by atoms with Gasteiger partial charge in [0.15, 0.2) is 0 Å². The summed E-state index contributed by atoms with van der Waals surface area (Å²) < 4.78 is 32.2. The van der Waals surface area contributed by atoms with Gasteiger partial charge in [0, 0.05) is 11.6 Å². The number of hydrogen-bond donors (Lipinski definition) is 1. The van der Waals surface area contributed by atoms with E-state index in [0.29, 0.717) is 17.9 Å². The van der Waals surface area contributed by atoms with Crippen molar-refractivity contribution < 1.29 is 22.7 Å². The molecule has 0 spiro atoms. The number of nitrogens with zero attached hydrogens (tertiary/aromatic N) is 1. The minimum absolute atomic E-state index is 0.0801. The largest absolute Gasteiger partial charge is 0.465 e. The molecule has 0 unspecified atom stereocenters.